The van der Waals surface area contributed by atoms with Gasteiger partial charge in [-0.2, -0.15) is 0 Å². The van der Waals surface area contributed by atoms with Gasteiger partial charge >= 0.3 is 0 Å². The van der Waals surface area contributed by atoms with E-state index in [0.29, 0.717) is 0 Å². The Morgan fingerprint density at radius 1 is 2.00 bits per heavy atom. The lowest BCUT2D eigenvalue weighted by Crippen LogP contribution is -1.67. The van der Waals surface area contributed by atoms with Crippen molar-refractivity contribution in [1.29, 1.82) is 0 Å². The lowest BCUT2D eigenvalue weighted by atomic mass is 10.9. The second kappa shape index (κ2) is 3.44. The van der Waals surface area contributed by atoms with Crippen LogP contribution in [0.1, 0.15) is 0 Å². The standard InChI is InChI=1S/C2H4BrO/c3-1-2-4/h1,4H,2H2. The molecule has 4 heavy (non-hydrogen) atoms. The first-order valence-corrected chi connectivity index (χ1v) is 1.86. The van der Waals surface area contributed by atoms with E-state index >= 15 is 0 Å². The maximum atomic E-state index is 7.77. The van der Waals surface area contributed by atoms with Gasteiger partial charge in [0.1, 0.15) is 0 Å². The molecule has 0 fully saturated rings. The van der Waals surface area contributed by atoms with Crippen LogP contribution in [0.15, 0.2) is 0 Å². The molecule has 0 saturated carbocycles. The molecule has 0 rings (SSSR count). The van der Waals surface area contributed by atoms with Gasteiger partial charge in [-0.15, -0.1) is 0 Å². The van der Waals surface area contributed by atoms with Crippen molar-refractivity contribution in [3.63, 3.8) is 0 Å². The van der Waals surface area contributed by atoms with Crippen LogP contribution >= 0.6 is 15.9 Å². The minimum absolute atomic E-state index is 0.111. The molecule has 0 amide bonds. The Morgan fingerprint density at radius 2 is 2.25 bits per heavy atom. The molecular formula is C2H4BrO. The van der Waals surface area contributed by atoms with Crippen molar-refractivity contribution in [2.75, 3.05) is 6.61 Å². The Bertz CT molecular complexity index is 8.00. The van der Waals surface area contributed by atoms with E-state index in [2.05, 4.69) is 15.9 Å². The van der Waals surface area contributed by atoms with Crippen LogP contribution in [0.4, 0.5) is 0 Å². The zero-order valence-corrected chi connectivity index (χ0v) is 3.70. The second-order valence-electron chi connectivity index (χ2n) is 0.337. The van der Waals surface area contributed by atoms with Crippen LogP contribution in [-0.2, 0) is 0 Å². The predicted molar refractivity (Wildman–Crippen MR) is 20.3 cm³/mol. The summed E-state index contributed by atoms with van der Waals surface area (Å²) in [4.78, 5) is 0. The van der Waals surface area contributed by atoms with Crippen molar-refractivity contribution in [2.45, 2.75) is 0 Å². The second-order valence-corrected chi connectivity index (χ2v) is 0.984. The van der Waals surface area contributed by atoms with E-state index < -0.39 is 0 Å². The van der Waals surface area contributed by atoms with Crippen LogP contribution in [-0.4, -0.2) is 11.7 Å². The fourth-order valence-electron chi connectivity index (χ4n) is 0. The average Bonchev–Trinajstić information content (AvgIpc) is 1.37. The van der Waals surface area contributed by atoms with Crippen molar-refractivity contribution in [3.05, 3.63) is 5.33 Å². The van der Waals surface area contributed by atoms with E-state index in [1.807, 2.05) is 0 Å². The lowest BCUT2D eigenvalue weighted by Gasteiger charge is -1.66. The van der Waals surface area contributed by atoms with Gasteiger partial charge in [0.05, 0.1) is 11.9 Å². The van der Waals surface area contributed by atoms with E-state index in [9.17, 15) is 0 Å². The number of hydrogen-bond acceptors (Lipinski definition) is 1. The molecule has 0 unspecified atom stereocenters. The van der Waals surface area contributed by atoms with Crippen LogP contribution in [0.5, 0.6) is 0 Å². The highest BCUT2D eigenvalue weighted by Crippen LogP contribution is 1.80. The summed E-state index contributed by atoms with van der Waals surface area (Å²) in [7, 11) is 0. The van der Waals surface area contributed by atoms with E-state index in [4.69, 9.17) is 5.11 Å². The van der Waals surface area contributed by atoms with Gasteiger partial charge in [0.15, 0.2) is 0 Å². The fourth-order valence-corrected chi connectivity index (χ4v) is 0. The molecule has 1 radical (unpaired) electrons. The van der Waals surface area contributed by atoms with Crippen molar-refractivity contribution in [3.8, 4) is 0 Å². The lowest BCUT2D eigenvalue weighted by molar-refractivity contribution is 0.338. The maximum Gasteiger partial charge on any atom is 0.0568 e. The van der Waals surface area contributed by atoms with Gasteiger partial charge in [-0.25, -0.2) is 0 Å². The van der Waals surface area contributed by atoms with E-state index in [0.717, 1.165) is 0 Å². The molecule has 1 nitrogen and oxygen atoms in total. The minimum atomic E-state index is 0.111. The molecule has 1 N–H and O–H groups in total. The smallest absolute Gasteiger partial charge is 0.0568 e. The third kappa shape index (κ3) is 2.44. The molecule has 0 spiro atoms. The first-order chi connectivity index (χ1) is 1.91. The van der Waals surface area contributed by atoms with Crippen LogP contribution in [0.3, 0.4) is 0 Å². The molecule has 0 aliphatic rings. The first kappa shape index (κ1) is 4.44. The van der Waals surface area contributed by atoms with Crippen molar-refractivity contribution in [1.82, 2.24) is 0 Å². The van der Waals surface area contributed by atoms with Crippen LogP contribution in [0.25, 0.3) is 0 Å². The molecular weight excluding hydrogens is 120 g/mol. The highest BCUT2D eigenvalue weighted by atomic mass is 79.9. The summed E-state index contributed by atoms with van der Waals surface area (Å²) >= 11 is 2.87. The van der Waals surface area contributed by atoms with Gasteiger partial charge in [0, 0.05) is 0 Å². The molecule has 0 saturated heterocycles. The van der Waals surface area contributed by atoms with Gasteiger partial charge in [0.25, 0.3) is 0 Å². The normalized spacial score (nSPS) is 7.50. The molecule has 25 valence electrons. The third-order valence-electron chi connectivity index (χ3n) is 0.0690. The topological polar surface area (TPSA) is 20.2 Å². The van der Waals surface area contributed by atoms with Crippen molar-refractivity contribution >= 4 is 15.9 Å². The number of hydrogen-bond donors (Lipinski definition) is 1. The molecule has 0 aromatic heterocycles. The number of rotatable bonds is 1. The van der Waals surface area contributed by atoms with Crippen LogP contribution in [0.2, 0.25) is 0 Å². The molecule has 0 atom stereocenters. The quantitative estimate of drug-likeness (QED) is 0.540. The predicted octanol–water partition coefficient (Wildman–Crippen LogP) is 0.535. The number of aliphatic hydroxyl groups is 1. The van der Waals surface area contributed by atoms with Gasteiger partial charge in [-0.3, -0.25) is 0 Å². The Balaban J connectivity index is 1.97. The van der Waals surface area contributed by atoms with Crippen molar-refractivity contribution < 1.29 is 5.11 Å². The molecule has 0 aliphatic carbocycles. The Hall–Kier alpha value is 0.440. The minimum Gasteiger partial charge on any atom is -0.395 e. The largest absolute Gasteiger partial charge is 0.395 e. The molecule has 0 aliphatic heterocycles. The summed E-state index contributed by atoms with van der Waals surface area (Å²) in [6.07, 6.45) is 0. The maximum absolute atomic E-state index is 7.77. The Kier molecular flexibility index (Phi) is 3.82. The summed E-state index contributed by atoms with van der Waals surface area (Å²) in [5.74, 6) is 0. The summed E-state index contributed by atoms with van der Waals surface area (Å²) in [6, 6.07) is 0. The fraction of sp³-hybridized carbons (Fsp3) is 0.500. The molecule has 0 aromatic rings. The molecule has 0 bridgehead atoms. The van der Waals surface area contributed by atoms with Gasteiger partial charge in [-0.1, -0.05) is 15.9 Å². The van der Waals surface area contributed by atoms with E-state index in [1.54, 1.807) is 0 Å². The zero-order chi connectivity index (χ0) is 3.41. The third-order valence-corrected chi connectivity index (χ3v) is 0.359. The Labute approximate surface area is 33.8 Å². The van der Waals surface area contributed by atoms with E-state index in [-0.39, 0.29) is 6.61 Å². The summed E-state index contributed by atoms with van der Waals surface area (Å²) in [6.45, 7) is 0.111. The van der Waals surface area contributed by atoms with E-state index in [1.165, 1.54) is 5.33 Å². The van der Waals surface area contributed by atoms with Gasteiger partial charge < -0.3 is 5.11 Å². The highest BCUT2D eigenvalue weighted by Gasteiger charge is 1.60. The zero-order valence-electron chi connectivity index (χ0n) is 2.11. The van der Waals surface area contributed by atoms with Crippen molar-refractivity contribution in [2.24, 2.45) is 0 Å². The number of halogens is 1. The highest BCUT2D eigenvalue weighted by molar-refractivity contribution is 9.10. The summed E-state index contributed by atoms with van der Waals surface area (Å²) in [5, 5.41) is 9.27. The average molecular weight is 124 g/mol. The van der Waals surface area contributed by atoms with Gasteiger partial charge in [0.2, 0.25) is 0 Å². The van der Waals surface area contributed by atoms with Crippen LogP contribution < -0.4 is 0 Å². The van der Waals surface area contributed by atoms with Gasteiger partial charge in [-0.05, 0) is 0 Å². The monoisotopic (exact) mass is 123 g/mol. The molecule has 0 heterocycles. The molecule has 2 heteroatoms. The molecule has 0 aromatic carbocycles. The summed E-state index contributed by atoms with van der Waals surface area (Å²) < 4.78 is 0. The Morgan fingerprint density at radius 3 is 2.25 bits per heavy atom. The summed E-state index contributed by atoms with van der Waals surface area (Å²) in [5.41, 5.74) is 0. The SMILES string of the molecule is OC[CH]Br. The first-order valence-electron chi connectivity index (χ1n) is 0.943. The van der Waals surface area contributed by atoms with Crippen LogP contribution in [0, 0.1) is 5.33 Å². The number of aliphatic hydroxyl groups excluding tert-OH is 1.